The van der Waals surface area contributed by atoms with E-state index >= 15 is 0 Å². The van der Waals surface area contributed by atoms with E-state index in [0.29, 0.717) is 19.3 Å². The monoisotopic (exact) mass is 850 g/mol. The average molecular weight is 850 g/mol. The second-order valence-corrected chi connectivity index (χ2v) is 19.0. The van der Waals surface area contributed by atoms with E-state index in [2.05, 4.69) is 26.1 Å². The summed E-state index contributed by atoms with van der Waals surface area (Å²) in [6.45, 7) is 6.52. The molecule has 60 heavy (non-hydrogen) atoms. The van der Waals surface area contributed by atoms with E-state index in [9.17, 15) is 19.8 Å². The SMILES string of the molecule is CCCCCCCCCCCCCCCCCCCC(CC(=O)NC(CO)C(O)CCCCCCCCCCCCCC)OC(=O)CCCCCCCCCCCCCC. The summed E-state index contributed by atoms with van der Waals surface area (Å²) < 4.78 is 5.95. The lowest BCUT2D eigenvalue weighted by molar-refractivity contribution is -0.151. The van der Waals surface area contributed by atoms with Crippen molar-refractivity contribution in [2.75, 3.05) is 6.61 Å². The molecule has 6 nitrogen and oxygen atoms in total. The Kier molecular flexibility index (Phi) is 48.0. The first kappa shape index (κ1) is 58.9. The number of nitrogens with one attached hydrogen (secondary N) is 1. The summed E-state index contributed by atoms with van der Waals surface area (Å²) in [5.41, 5.74) is 0. The molecule has 0 aromatic heterocycles. The first-order valence-corrected chi connectivity index (χ1v) is 27.3. The molecule has 0 aliphatic rings. The average Bonchev–Trinajstić information content (AvgIpc) is 3.24. The zero-order valence-corrected chi connectivity index (χ0v) is 40.9. The van der Waals surface area contributed by atoms with Crippen LogP contribution in [0.4, 0.5) is 0 Å². The van der Waals surface area contributed by atoms with E-state index < -0.39 is 18.2 Å². The van der Waals surface area contributed by atoms with Gasteiger partial charge in [0.05, 0.1) is 25.2 Å². The summed E-state index contributed by atoms with van der Waals surface area (Å²) in [5, 5.41) is 23.8. The van der Waals surface area contributed by atoms with Crippen LogP contribution in [0, 0.1) is 0 Å². The van der Waals surface area contributed by atoms with Crippen molar-refractivity contribution in [3.63, 3.8) is 0 Å². The topological polar surface area (TPSA) is 95.9 Å². The molecule has 6 heteroatoms. The van der Waals surface area contributed by atoms with Gasteiger partial charge in [-0.1, -0.05) is 271 Å². The first-order chi connectivity index (χ1) is 29.5. The summed E-state index contributed by atoms with van der Waals surface area (Å²) >= 11 is 0. The van der Waals surface area contributed by atoms with Gasteiger partial charge in [-0.3, -0.25) is 9.59 Å². The second kappa shape index (κ2) is 48.9. The Morgan fingerprint density at radius 1 is 0.417 bits per heavy atom. The van der Waals surface area contributed by atoms with Crippen LogP contribution in [0.1, 0.15) is 310 Å². The predicted octanol–water partition coefficient (Wildman–Crippen LogP) is 16.4. The Bertz CT molecular complexity index is 867. The lowest BCUT2D eigenvalue weighted by Crippen LogP contribution is -2.46. The largest absolute Gasteiger partial charge is 0.462 e. The summed E-state index contributed by atoms with van der Waals surface area (Å²) in [6, 6.07) is -0.692. The van der Waals surface area contributed by atoms with Crippen LogP contribution in [0.2, 0.25) is 0 Å². The van der Waals surface area contributed by atoms with Crippen molar-refractivity contribution in [2.45, 2.75) is 328 Å². The summed E-state index contributed by atoms with van der Waals surface area (Å²) in [4.78, 5) is 26.2. The minimum atomic E-state index is -0.779. The Labute approximate surface area is 375 Å². The molecule has 0 rings (SSSR count). The molecule has 0 saturated heterocycles. The van der Waals surface area contributed by atoms with Crippen molar-refractivity contribution >= 4 is 11.9 Å². The maximum absolute atomic E-state index is 13.2. The Hall–Kier alpha value is -1.14. The van der Waals surface area contributed by atoms with Crippen LogP contribution < -0.4 is 5.32 Å². The van der Waals surface area contributed by atoms with Gasteiger partial charge in [-0.05, 0) is 25.7 Å². The molecule has 0 fully saturated rings. The molecular weight excluding hydrogens is 743 g/mol. The molecule has 3 N–H and O–H groups in total. The number of hydrogen-bond donors (Lipinski definition) is 3. The molecule has 3 atom stereocenters. The number of hydrogen-bond acceptors (Lipinski definition) is 5. The molecule has 1 amide bonds. The second-order valence-electron chi connectivity index (χ2n) is 19.0. The molecule has 0 bridgehead atoms. The fraction of sp³-hybridized carbons (Fsp3) is 0.963. The fourth-order valence-corrected chi connectivity index (χ4v) is 8.79. The highest BCUT2D eigenvalue weighted by molar-refractivity contribution is 5.77. The minimum Gasteiger partial charge on any atom is -0.462 e. The lowest BCUT2D eigenvalue weighted by Gasteiger charge is -2.24. The van der Waals surface area contributed by atoms with Gasteiger partial charge in [-0.2, -0.15) is 0 Å². The van der Waals surface area contributed by atoms with E-state index in [0.717, 1.165) is 38.5 Å². The summed E-state index contributed by atoms with van der Waals surface area (Å²) in [7, 11) is 0. The molecule has 3 unspecified atom stereocenters. The smallest absolute Gasteiger partial charge is 0.306 e. The number of esters is 1. The Balaban J connectivity index is 4.50. The van der Waals surface area contributed by atoms with Gasteiger partial charge in [0.15, 0.2) is 0 Å². The van der Waals surface area contributed by atoms with E-state index in [1.54, 1.807) is 0 Å². The Morgan fingerprint density at radius 3 is 1.02 bits per heavy atom. The lowest BCUT2D eigenvalue weighted by atomic mass is 10.0. The number of carbonyl (C=O) groups excluding carboxylic acids is 2. The van der Waals surface area contributed by atoms with Crippen LogP contribution in [0.15, 0.2) is 0 Å². The molecule has 358 valence electrons. The molecule has 0 aliphatic heterocycles. The molecule has 0 aromatic carbocycles. The maximum Gasteiger partial charge on any atom is 0.306 e. The molecule has 0 saturated carbocycles. The highest BCUT2D eigenvalue weighted by atomic mass is 16.5. The van der Waals surface area contributed by atoms with Gasteiger partial charge in [-0.15, -0.1) is 0 Å². The highest BCUT2D eigenvalue weighted by Gasteiger charge is 2.24. The molecule has 0 heterocycles. The van der Waals surface area contributed by atoms with Crippen LogP contribution >= 0.6 is 0 Å². The van der Waals surface area contributed by atoms with Crippen molar-refractivity contribution in [1.29, 1.82) is 0 Å². The van der Waals surface area contributed by atoms with Crippen molar-refractivity contribution in [1.82, 2.24) is 5.32 Å². The van der Waals surface area contributed by atoms with Crippen molar-refractivity contribution in [2.24, 2.45) is 0 Å². The maximum atomic E-state index is 13.2. The number of ether oxygens (including phenoxy) is 1. The number of aliphatic hydroxyl groups excluding tert-OH is 2. The van der Waals surface area contributed by atoms with Crippen LogP contribution in [-0.4, -0.2) is 46.9 Å². The zero-order valence-electron chi connectivity index (χ0n) is 40.9. The van der Waals surface area contributed by atoms with E-state index in [-0.39, 0.29) is 24.9 Å². The van der Waals surface area contributed by atoms with Crippen molar-refractivity contribution in [3.05, 3.63) is 0 Å². The standard InChI is InChI=1S/C54H107NO5/c1-4-7-10-13-16-19-22-25-26-27-28-29-30-33-36-39-42-45-50(60-54(59)47-44-41-38-35-32-24-21-18-15-12-9-6-3)48-53(58)55-51(49-56)52(57)46-43-40-37-34-31-23-20-17-14-11-8-5-2/h50-52,56-57H,4-49H2,1-3H3,(H,55,58). The number of aliphatic hydroxyl groups is 2. The van der Waals surface area contributed by atoms with E-state index in [1.165, 1.54) is 225 Å². The summed E-state index contributed by atoms with van der Waals surface area (Å²) in [5.74, 6) is -0.449. The van der Waals surface area contributed by atoms with Crippen LogP contribution in [0.5, 0.6) is 0 Å². The van der Waals surface area contributed by atoms with Gasteiger partial charge in [0.1, 0.15) is 6.10 Å². The van der Waals surface area contributed by atoms with Crippen LogP contribution in [-0.2, 0) is 14.3 Å². The number of carbonyl (C=O) groups is 2. The third-order valence-corrected chi connectivity index (χ3v) is 12.9. The quantitative estimate of drug-likeness (QED) is 0.0419. The van der Waals surface area contributed by atoms with Gasteiger partial charge < -0.3 is 20.3 Å². The van der Waals surface area contributed by atoms with Crippen LogP contribution in [0.3, 0.4) is 0 Å². The van der Waals surface area contributed by atoms with Gasteiger partial charge >= 0.3 is 5.97 Å². The fourth-order valence-electron chi connectivity index (χ4n) is 8.79. The molecule has 0 spiro atoms. The number of rotatable bonds is 50. The van der Waals surface area contributed by atoms with Crippen molar-refractivity contribution in [3.8, 4) is 0 Å². The van der Waals surface area contributed by atoms with Gasteiger partial charge in [-0.25, -0.2) is 0 Å². The number of amides is 1. The van der Waals surface area contributed by atoms with E-state index in [4.69, 9.17) is 4.74 Å². The van der Waals surface area contributed by atoms with Gasteiger partial charge in [0, 0.05) is 6.42 Å². The molecule has 0 aliphatic carbocycles. The molecule has 0 aromatic rings. The molecule has 0 radical (unpaired) electrons. The van der Waals surface area contributed by atoms with E-state index in [1.807, 2.05) is 0 Å². The third-order valence-electron chi connectivity index (χ3n) is 12.9. The zero-order chi connectivity index (χ0) is 43.8. The summed E-state index contributed by atoms with van der Waals surface area (Å²) in [6.07, 6.45) is 53.1. The predicted molar refractivity (Wildman–Crippen MR) is 260 cm³/mol. The van der Waals surface area contributed by atoms with Gasteiger partial charge in [0.2, 0.25) is 5.91 Å². The Morgan fingerprint density at radius 2 is 0.700 bits per heavy atom. The normalized spacial score (nSPS) is 13.1. The first-order valence-electron chi connectivity index (χ1n) is 27.3. The minimum absolute atomic E-state index is 0.0882. The third kappa shape index (κ3) is 43.5. The van der Waals surface area contributed by atoms with Crippen molar-refractivity contribution < 1.29 is 24.5 Å². The number of unbranched alkanes of at least 4 members (excludes halogenated alkanes) is 38. The molecular formula is C54H107NO5. The van der Waals surface area contributed by atoms with Gasteiger partial charge in [0.25, 0.3) is 0 Å². The van der Waals surface area contributed by atoms with Crippen LogP contribution in [0.25, 0.3) is 0 Å². The highest BCUT2D eigenvalue weighted by Crippen LogP contribution is 2.19.